The highest BCUT2D eigenvalue weighted by atomic mass is 16.5. The summed E-state index contributed by atoms with van der Waals surface area (Å²) >= 11 is 0. The number of carbonyl (C=O) groups excluding carboxylic acids is 3. The molecule has 6 heteroatoms. The summed E-state index contributed by atoms with van der Waals surface area (Å²) in [6.07, 6.45) is 0. The van der Waals surface area contributed by atoms with Gasteiger partial charge < -0.3 is 15.4 Å². The van der Waals surface area contributed by atoms with E-state index in [4.69, 9.17) is 4.74 Å². The topological polar surface area (TPSA) is 84.5 Å². The first kappa shape index (κ1) is 24.4. The standard InChI is InChI=1S/C30H26N2O4/c1-20(23-9-6-10-24(19-23)28(33)21-7-4-3-5-8-21)29(34)31-25-13-11-22(12-14-25)30(35)32-26-15-17-27(36-2)18-16-26/h3-20H,1-2H3,(H,31,34)(H,32,35)/t20-/m1/s1. The van der Waals surface area contributed by atoms with Gasteiger partial charge in [0.05, 0.1) is 13.0 Å². The lowest BCUT2D eigenvalue weighted by molar-refractivity contribution is -0.117. The SMILES string of the molecule is COc1ccc(NC(=O)c2ccc(NC(=O)[C@H](C)c3cccc(C(=O)c4ccccc4)c3)cc2)cc1. The molecule has 6 nitrogen and oxygen atoms in total. The van der Waals surface area contributed by atoms with Crippen molar-refractivity contribution < 1.29 is 19.1 Å². The molecule has 0 aromatic heterocycles. The molecule has 4 aromatic carbocycles. The highest BCUT2D eigenvalue weighted by Crippen LogP contribution is 2.22. The maximum Gasteiger partial charge on any atom is 0.255 e. The third-order valence-corrected chi connectivity index (χ3v) is 5.84. The second-order valence-corrected chi connectivity index (χ2v) is 8.29. The lowest BCUT2D eigenvalue weighted by atomic mass is 9.95. The first-order valence-electron chi connectivity index (χ1n) is 11.5. The molecule has 1 atom stereocenters. The van der Waals surface area contributed by atoms with Crippen molar-refractivity contribution in [2.45, 2.75) is 12.8 Å². The van der Waals surface area contributed by atoms with Crippen molar-refractivity contribution in [3.8, 4) is 5.75 Å². The van der Waals surface area contributed by atoms with Crippen molar-refractivity contribution in [3.63, 3.8) is 0 Å². The quantitative estimate of drug-likeness (QED) is 0.308. The molecule has 0 radical (unpaired) electrons. The van der Waals surface area contributed by atoms with Crippen molar-refractivity contribution in [1.29, 1.82) is 0 Å². The zero-order valence-corrected chi connectivity index (χ0v) is 20.0. The Morgan fingerprint density at radius 2 is 1.28 bits per heavy atom. The summed E-state index contributed by atoms with van der Waals surface area (Å²) in [5.74, 6) is -0.335. The van der Waals surface area contributed by atoms with E-state index < -0.39 is 5.92 Å². The first-order chi connectivity index (χ1) is 17.4. The minimum absolute atomic E-state index is 0.0893. The Balaban J connectivity index is 1.39. The molecule has 0 aliphatic rings. The van der Waals surface area contributed by atoms with Crippen molar-refractivity contribution in [3.05, 3.63) is 125 Å². The second-order valence-electron chi connectivity index (χ2n) is 8.29. The van der Waals surface area contributed by atoms with Gasteiger partial charge in [-0.1, -0.05) is 48.5 Å². The molecule has 0 aliphatic carbocycles. The van der Waals surface area contributed by atoms with E-state index in [1.807, 2.05) is 24.3 Å². The van der Waals surface area contributed by atoms with Crippen LogP contribution >= 0.6 is 0 Å². The summed E-state index contributed by atoms with van der Waals surface area (Å²) < 4.78 is 5.12. The van der Waals surface area contributed by atoms with E-state index in [9.17, 15) is 14.4 Å². The Morgan fingerprint density at radius 3 is 1.94 bits per heavy atom. The van der Waals surface area contributed by atoms with Gasteiger partial charge >= 0.3 is 0 Å². The molecular weight excluding hydrogens is 452 g/mol. The number of ether oxygens (including phenoxy) is 1. The molecule has 0 bridgehead atoms. The van der Waals surface area contributed by atoms with E-state index in [1.165, 1.54) is 0 Å². The largest absolute Gasteiger partial charge is 0.497 e. The maximum atomic E-state index is 12.9. The monoisotopic (exact) mass is 478 g/mol. The van der Waals surface area contributed by atoms with E-state index >= 15 is 0 Å². The van der Waals surface area contributed by atoms with Crippen LogP contribution in [0.25, 0.3) is 0 Å². The number of nitrogens with one attached hydrogen (secondary N) is 2. The molecule has 180 valence electrons. The fraction of sp³-hybridized carbons (Fsp3) is 0.100. The third-order valence-electron chi connectivity index (χ3n) is 5.84. The van der Waals surface area contributed by atoms with Crippen molar-refractivity contribution in [1.82, 2.24) is 0 Å². The van der Waals surface area contributed by atoms with Crippen LogP contribution in [-0.2, 0) is 4.79 Å². The number of benzene rings is 4. The fourth-order valence-corrected chi connectivity index (χ4v) is 3.69. The molecule has 0 saturated carbocycles. The van der Waals surface area contributed by atoms with Crippen LogP contribution in [-0.4, -0.2) is 24.7 Å². The van der Waals surface area contributed by atoms with Gasteiger partial charge in [0.2, 0.25) is 5.91 Å². The Bertz CT molecular complexity index is 1360. The molecular formula is C30H26N2O4. The summed E-state index contributed by atoms with van der Waals surface area (Å²) in [4.78, 5) is 38.2. The molecule has 2 amide bonds. The van der Waals surface area contributed by atoms with Crippen LogP contribution < -0.4 is 15.4 Å². The van der Waals surface area contributed by atoms with Gasteiger partial charge in [0.25, 0.3) is 5.91 Å². The molecule has 0 fully saturated rings. The molecule has 0 spiro atoms. The predicted octanol–water partition coefficient (Wildman–Crippen LogP) is 5.92. The predicted molar refractivity (Wildman–Crippen MR) is 141 cm³/mol. The van der Waals surface area contributed by atoms with Gasteiger partial charge in [-0.2, -0.15) is 0 Å². The maximum absolute atomic E-state index is 12.9. The van der Waals surface area contributed by atoms with Gasteiger partial charge in [0.15, 0.2) is 5.78 Å². The highest BCUT2D eigenvalue weighted by Gasteiger charge is 2.18. The minimum Gasteiger partial charge on any atom is -0.497 e. The fourth-order valence-electron chi connectivity index (χ4n) is 3.69. The molecule has 2 N–H and O–H groups in total. The molecule has 4 aromatic rings. The normalized spacial score (nSPS) is 11.3. The summed E-state index contributed by atoms with van der Waals surface area (Å²) in [7, 11) is 1.58. The number of amides is 2. The summed E-state index contributed by atoms with van der Waals surface area (Å²) in [5, 5.41) is 5.71. The zero-order chi connectivity index (χ0) is 25.5. The lowest BCUT2D eigenvalue weighted by Crippen LogP contribution is -2.19. The zero-order valence-electron chi connectivity index (χ0n) is 20.0. The van der Waals surface area contributed by atoms with Crippen LogP contribution in [0.15, 0.2) is 103 Å². The van der Waals surface area contributed by atoms with E-state index in [0.29, 0.717) is 33.8 Å². The number of anilines is 2. The van der Waals surface area contributed by atoms with Gasteiger partial charge in [-0.25, -0.2) is 0 Å². The van der Waals surface area contributed by atoms with Crippen LogP contribution in [0.2, 0.25) is 0 Å². The van der Waals surface area contributed by atoms with Gasteiger partial charge in [-0.05, 0) is 67.1 Å². The molecule has 0 saturated heterocycles. The summed E-state index contributed by atoms with van der Waals surface area (Å²) in [6, 6.07) is 29.9. The molecule has 0 heterocycles. The van der Waals surface area contributed by atoms with Crippen LogP contribution in [0.1, 0.15) is 44.7 Å². The van der Waals surface area contributed by atoms with E-state index in [-0.39, 0.29) is 17.6 Å². The summed E-state index contributed by atoms with van der Waals surface area (Å²) in [6.45, 7) is 1.79. The average Bonchev–Trinajstić information content (AvgIpc) is 2.93. The van der Waals surface area contributed by atoms with Gasteiger partial charge in [-0.3, -0.25) is 14.4 Å². The second kappa shape index (κ2) is 11.1. The van der Waals surface area contributed by atoms with Crippen LogP contribution in [0.5, 0.6) is 5.75 Å². The average molecular weight is 479 g/mol. The number of methoxy groups -OCH3 is 1. The van der Waals surface area contributed by atoms with Crippen LogP contribution in [0, 0.1) is 0 Å². The van der Waals surface area contributed by atoms with Gasteiger partial charge in [0.1, 0.15) is 5.75 Å². The third kappa shape index (κ3) is 5.85. The Hall–Kier alpha value is -4.71. The Kier molecular flexibility index (Phi) is 7.56. The molecule has 0 unspecified atom stereocenters. The Morgan fingerprint density at radius 1 is 0.667 bits per heavy atom. The van der Waals surface area contributed by atoms with E-state index in [0.717, 1.165) is 5.56 Å². The minimum atomic E-state index is -0.480. The highest BCUT2D eigenvalue weighted by molar-refractivity contribution is 6.09. The molecule has 0 aliphatic heterocycles. The number of ketones is 1. The van der Waals surface area contributed by atoms with Crippen molar-refractivity contribution in [2.24, 2.45) is 0 Å². The van der Waals surface area contributed by atoms with Gasteiger partial charge in [0, 0.05) is 28.1 Å². The first-order valence-corrected chi connectivity index (χ1v) is 11.5. The smallest absolute Gasteiger partial charge is 0.255 e. The van der Waals surface area contributed by atoms with E-state index in [1.54, 1.807) is 92.9 Å². The number of carbonyl (C=O) groups is 3. The van der Waals surface area contributed by atoms with Gasteiger partial charge in [-0.15, -0.1) is 0 Å². The number of hydrogen-bond donors (Lipinski definition) is 2. The summed E-state index contributed by atoms with van der Waals surface area (Å²) in [5.41, 5.74) is 3.56. The van der Waals surface area contributed by atoms with Crippen LogP contribution in [0.4, 0.5) is 11.4 Å². The lowest BCUT2D eigenvalue weighted by Gasteiger charge is -2.14. The van der Waals surface area contributed by atoms with Crippen molar-refractivity contribution in [2.75, 3.05) is 17.7 Å². The number of rotatable bonds is 8. The number of hydrogen-bond acceptors (Lipinski definition) is 4. The van der Waals surface area contributed by atoms with Crippen molar-refractivity contribution >= 4 is 29.0 Å². The molecule has 4 rings (SSSR count). The Labute approximate surface area is 209 Å². The van der Waals surface area contributed by atoms with Crippen LogP contribution in [0.3, 0.4) is 0 Å². The molecule has 36 heavy (non-hydrogen) atoms. The van der Waals surface area contributed by atoms with E-state index in [2.05, 4.69) is 10.6 Å².